The Morgan fingerprint density at radius 2 is 2.04 bits per heavy atom. The van der Waals surface area contributed by atoms with Gasteiger partial charge in [0.05, 0.1) is 12.2 Å². The summed E-state index contributed by atoms with van der Waals surface area (Å²) in [5, 5.41) is 0. The van der Waals surface area contributed by atoms with E-state index in [1.165, 1.54) is 34.6 Å². The smallest absolute Gasteiger partial charge is 0.278 e. The van der Waals surface area contributed by atoms with Crippen molar-refractivity contribution >= 4 is 11.5 Å². The largest absolute Gasteiger partial charge is 0.350 e. The monoisotopic (exact) mass is 350 g/mol. The molecule has 2 aliphatic rings. The van der Waals surface area contributed by atoms with Gasteiger partial charge in [-0.25, -0.2) is 0 Å². The van der Waals surface area contributed by atoms with Gasteiger partial charge in [0.1, 0.15) is 6.04 Å². The third-order valence-corrected chi connectivity index (χ3v) is 5.91. The van der Waals surface area contributed by atoms with Crippen molar-refractivity contribution in [2.45, 2.75) is 25.3 Å². The number of carbonyl (C=O) groups excluding carboxylic acids is 1. The lowest BCUT2D eigenvalue weighted by Crippen LogP contribution is -3.11. The highest BCUT2D eigenvalue weighted by molar-refractivity contribution is 5.79. The van der Waals surface area contributed by atoms with Gasteiger partial charge in [-0.2, -0.15) is 0 Å². The van der Waals surface area contributed by atoms with Crippen molar-refractivity contribution in [3.05, 3.63) is 66.0 Å². The third-order valence-electron chi connectivity index (χ3n) is 5.91. The van der Waals surface area contributed by atoms with Crippen LogP contribution in [0.5, 0.6) is 0 Å². The van der Waals surface area contributed by atoms with Crippen LogP contribution in [0.4, 0.5) is 0 Å². The van der Waals surface area contributed by atoms with E-state index in [2.05, 4.69) is 60.3 Å². The molecule has 1 unspecified atom stereocenters. The fourth-order valence-corrected chi connectivity index (χ4v) is 4.43. The third kappa shape index (κ3) is 3.47. The van der Waals surface area contributed by atoms with E-state index in [1.807, 2.05) is 11.0 Å². The van der Waals surface area contributed by atoms with Gasteiger partial charge in [0, 0.05) is 39.2 Å². The number of aromatic nitrogens is 1. The van der Waals surface area contributed by atoms with Crippen molar-refractivity contribution in [1.29, 1.82) is 0 Å². The fraction of sp³-hybridized carbons (Fsp3) is 0.409. The maximum Gasteiger partial charge on any atom is 0.278 e. The van der Waals surface area contributed by atoms with E-state index >= 15 is 0 Å². The number of nitrogens with one attached hydrogen (secondary N) is 1. The Morgan fingerprint density at radius 3 is 2.73 bits per heavy atom. The molecule has 2 aliphatic heterocycles. The zero-order valence-corrected chi connectivity index (χ0v) is 15.5. The van der Waals surface area contributed by atoms with Crippen LogP contribution in [0.15, 0.2) is 54.7 Å². The number of aryl methyl sites for hydroxylation is 1. The van der Waals surface area contributed by atoms with Gasteiger partial charge in [0.25, 0.3) is 5.91 Å². The van der Waals surface area contributed by atoms with E-state index in [1.54, 1.807) is 0 Å². The van der Waals surface area contributed by atoms with Crippen LogP contribution in [0, 0.1) is 0 Å². The molecular formula is C22H28N3O+. The maximum atomic E-state index is 12.9. The van der Waals surface area contributed by atoms with E-state index < -0.39 is 0 Å². The molecule has 2 atom stereocenters. The number of nitrogens with zero attached hydrogens (tertiary/aromatic N) is 2. The number of benzene rings is 1. The van der Waals surface area contributed by atoms with Crippen molar-refractivity contribution < 1.29 is 9.69 Å². The summed E-state index contributed by atoms with van der Waals surface area (Å²) in [6.07, 6.45) is 7.67. The van der Waals surface area contributed by atoms with Gasteiger partial charge < -0.3 is 14.4 Å². The molecule has 1 aromatic carbocycles. The zero-order valence-electron chi connectivity index (χ0n) is 15.5. The van der Waals surface area contributed by atoms with Crippen LogP contribution in [0.2, 0.25) is 0 Å². The van der Waals surface area contributed by atoms with Crippen molar-refractivity contribution in [1.82, 2.24) is 9.47 Å². The average molecular weight is 350 g/mol. The number of hydrogen-bond acceptors (Lipinski definition) is 1. The second kappa shape index (κ2) is 7.50. The first kappa shape index (κ1) is 17.1. The minimum Gasteiger partial charge on any atom is -0.350 e. The fourth-order valence-electron chi connectivity index (χ4n) is 4.43. The standard InChI is InChI=1S/C22H27N3O/c1-23-13-5-9-20(23)21-10-6-14-25(21)17-22(26)24-15-11-19(12-16-24)18-7-3-2-4-8-18/h2-5,7-9,11,13,21H,6,10,12,14-17H2,1H3/p+1/t21-/m1/s1. The van der Waals surface area contributed by atoms with Crippen LogP contribution in [-0.2, 0) is 11.8 Å². The Hall–Kier alpha value is -2.33. The molecule has 1 amide bonds. The minimum atomic E-state index is 0.296. The summed E-state index contributed by atoms with van der Waals surface area (Å²) in [4.78, 5) is 16.3. The normalized spacial score (nSPS) is 23.1. The molecule has 0 radical (unpaired) electrons. The minimum absolute atomic E-state index is 0.296. The van der Waals surface area contributed by atoms with Crippen LogP contribution in [-0.4, -0.2) is 41.6 Å². The van der Waals surface area contributed by atoms with Crippen molar-refractivity contribution in [3.63, 3.8) is 0 Å². The number of amides is 1. The summed E-state index contributed by atoms with van der Waals surface area (Å²) in [6.45, 7) is 3.29. The van der Waals surface area contributed by atoms with Crippen molar-refractivity contribution in [3.8, 4) is 0 Å². The number of likely N-dealkylation sites (tertiary alicyclic amines) is 1. The Balaban J connectivity index is 1.38. The lowest BCUT2D eigenvalue weighted by atomic mass is 9.99. The Labute approximate surface area is 155 Å². The first-order chi connectivity index (χ1) is 12.7. The molecule has 4 heteroatoms. The summed E-state index contributed by atoms with van der Waals surface area (Å²) in [5.41, 5.74) is 4.01. The molecule has 1 aromatic heterocycles. The predicted octanol–water partition coefficient (Wildman–Crippen LogP) is 2.06. The lowest BCUT2D eigenvalue weighted by molar-refractivity contribution is -0.911. The Morgan fingerprint density at radius 1 is 1.19 bits per heavy atom. The average Bonchev–Trinajstić information content (AvgIpc) is 3.31. The van der Waals surface area contributed by atoms with Gasteiger partial charge in [-0.1, -0.05) is 36.4 Å². The van der Waals surface area contributed by atoms with Crippen LogP contribution in [0.1, 0.15) is 36.6 Å². The van der Waals surface area contributed by atoms with Crippen LogP contribution < -0.4 is 4.90 Å². The Bertz CT molecular complexity index is 793. The molecule has 0 saturated carbocycles. The van der Waals surface area contributed by atoms with Gasteiger partial charge in [-0.05, 0) is 29.7 Å². The van der Waals surface area contributed by atoms with Gasteiger partial charge in [-0.15, -0.1) is 0 Å². The molecule has 1 saturated heterocycles. The topological polar surface area (TPSA) is 29.7 Å². The van der Waals surface area contributed by atoms with Gasteiger partial charge in [0.2, 0.25) is 0 Å². The number of hydrogen-bond donors (Lipinski definition) is 1. The molecule has 26 heavy (non-hydrogen) atoms. The summed E-state index contributed by atoms with van der Waals surface area (Å²) >= 11 is 0. The summed E-state index contributed by atoms with van der Waals surface area (Å²) in [5.74, 6) is 0.296. The summed E-state index contributed by atoms with van der Waals surface area (Å²) in [7, 11) is 2.10. The molecular weight excluding hydrogens is 322 g/mol. The lowest BCUT2D eigenvalue weighted by Gasteiger charge is -2.29. The van der Waals surface area contributed by atoms with Crippen LogP contribution in [0.3, 0.4) is 0 Å². The second-order valence-electron chi connectivity index (χ2n) is 7.51. The first-order valence-electron chi connectivity index (χ1n) is 9.70. The van der Waals surface area contributed by atoms with Crippen molar-refractivity contribution in [2.24, 2.45) is 7.05 Å². The number of carbonyl (C=O) groups is 1. The molecule has 1 N–H and O–H groups in total. The van der Waals surface area contributed by atoms with Crippen LogP contribution in [0.25, 0.3) is 5.57 Å². The molecule has 0 aliphatic carbocycles. The molecule has 0 bridgehead atoms. The molecule has 4 nitrogen and oxygen atoms in total. The maximum absolute atomic E-state index is 12.9. The quantitative estimate of drug-likeness (QED) is 0.899. The highest BCUT2D eigenvalue weighted by atomic mass is 16.2. The summed E-state index contributed by atoms with van der Waals surface area (Å²) in [6, 6.07) is 15.3. The molecule has 1 fully saturated rings. The molecule has 136 valence electrons. The predicted molar refractivity (Wildman–Crippen MR) is 104 cm³/mol. The van der Waals surface area contributed by atoms with E-state index in [0.717, 1.165) is 26.1 Å². The molecule has 2 aromatic rings. The first-order valence-corrected chi connectivity index (χ1v) is 9.70. The molecule has 3 heterocycles. The van der Waals surface area contributed by atoms with E-state index in [4.69, 9.17) is 0 Å². The van der Waals surface area contributed by atoms with Crippen molar-refractivity contribution in [2.75, 3.05) is 26.2 Å². The highest BCUT2D eigenvalue weighted by Crippen LogP contribution is 2.22. The van der Waals surface area contributed by atoms with Gasteiger partial charge >= 0.3 is 0 Å². The van der Waals surface area contributed by atoms with Gasteiger partial charge in [-0.3, -0.25) is 4.79 Å². The van der Waals surface area contributed by atoms with E-state index in [-0.39, 0.29) is 0 Å². The molecule has 0 spiro atoms. The van der Waals surface area contributed by atoms with E-state index in [0.29, 0.717) is 18.5 Å². The SMILES string of the molecule is Cn1cccc1[C@H]1CCC[NH+]1CC(=O)N1CC=C(c2ccccc2)CC1. The molecule has 4 rings (SSSR count). The highest BCUT2D eigenvalue weighted by Gasteiger charge is 2.34. The zero-order chi connectivity index (χ0) is 17.9. The Kier molecular flexibility index (Phi) is 4.93. The van der Waals surface area contributed by atoms with Crippen LogP contribution >= 0.6 is 0 Å². The number of rotatable bonds is 4. The number of quaternary nitrogens is 1. The van der Waals surface area contributed by atoms with Gasteiger partial charge in [0.15, 0.2) is 6.54 Å². The second-order valence-corrected chi connectivity index (χ2v) is 7.51. The van der Waals surface area contributed by atoms with E-state index in [9.17, 15) is 4.79 Å². The summed E-state index contributed by atoms with van der Waals surface area (Å²) < 4.78 is 2.20.